The van der Waals surface area contributed by atoms with E-state index in [1.807, 2.05) is 0 Å². The summed E-state index contributed by atoms with van der Waals surface area (Å²) in [5.41, 5.74) is 0.0501. The molecule has 1 aliphatic rings. The fraction of sp³-hybridized carbons (Fsp3) is 0.533. The van der Waals surface area contributed by atoms with Gasteiger partial charge in [0.1, 0.15) is 0 Å². The molecule has 0 aliphatic heterocycles. The highest BCUT2D eigenvalue weighted by Crippen LogP contribution is 2.44. The zero-order valence-electron chi connectivity index (χ0n) is 11.0. The van der Waals surface area contributed by atoms with E-state index in [1.165, 1.54) is 0 Å². The SMILES string of the molecule is CC1CCCC(Cc2c(Cl)cccc2Cl)(C(=O)O)C1. The molecule has 0 aromatic heterocycles. The highest BCUT2D eigenvalue weighted by Gasteiger charge is 2.42. The van der Waals surface area contributed by atoms with Crippen molar-refractivity contribution >= 4 is 29.2 Å². The predicted molar refractivity (Wildman–Crippen MR) is 77.9 cm³/mol. The third kappa shape index (κ3) is 3.06. The van der Waals surface area contributed by atoms with Crippen LogP contribution >= 0.6 is 23.2 Å². The van der Waals surface area contributed by atoms with E-state index in [-0.39, 0.29) is 0 Å². The lowest BCUT2D eigenvalue weighted by Crippen LogP contribution is -2.38. The molecule has 104 valence electrons. The molecule has 1 saturated carbocycles. The molecule has 1 fully saturated rings. The fourth-order valence-electron chi connectivity index (χ4n) is 3.13. The number of carboxylic acids is 1. The average molecular weight is 301 g/mol. The summed E-state index contributed by atoms with van der Waals surface area (Å²) in [5.74, 6) is -0.291. The molecular weight excluding hydrogens is 283 g/mol. The van der Waals surface area contributed by atoms with Crippen molar-refractivity contribution in [2.24, 2.45) is 11.3 Å². The van der Waals surface area contributed by atoms with E-state index in [2.05, 4.69) is 6.92 Å². The lowest BCUT2D eigenvalue weighted by molar-refractivity contribution is -0.152. The van der Waals surface area contributed by atoms with Crippen molar-refractivity contribution < 1.29 is 9.90 Å². The van der Waals surface area contributed by atoms with Gasteiger partial charge in [-0.25, -0.2) is 0 Å². The van der Waals surface area contributed by atoms with Crippen molar-refractivity contribution in [3.8, 4) is 0 Å². The topological polar surface area (TPSA) is 37.3 Å². The maximum Gasteiger partial charge on any atom is 0.309 e. The van der Waals surface area contributed by atoms with Crippen LogP contribution in [0.4, 0.5) is 0 Å². The number of carbonyl (C=O) groups is 1. The van der Waals surface area contributed by atoms with Gasteiger partial charge in [0.15, 0.2) is 0 Å². The van der Waals surface area contributed by atoms with Gasteiger partial charge in [-0.3, -0.25) is 4.79 Å². The van der Waals surface area contributed by atoms with E-state index in [4.69, 9.17) is 23.2 Å². The Balaban J connectivity index is 2.34. The minimum atomic E-state index is -0.727. The van der Waals surface area contributed by atoms with E-state index >= 15 is 0 Å². The van der Waals surface area contributed by atoms with Crippen LogP contribution in [0.1, 0.15) is 38.2 Å². The first-order valence-electron chi connectivity index (χ1n) is 6.61. The molecule has 1 N–H and O–H groups in total. The summed E-state index contributed by atoms with van der Waals surface area (Å²) >= 11 is 12.3. The highest BCUT2D eigenvalue weighted by atomic mass is 35.5. The molecule has 0 heterocycles. The second-order valence-electron chi connectivity index (χ2n) is 5.66. The largest absolute Gasteiger partial charge is 0.481 e. The Hall–Kier alpha value is -0.730. The maximum atomic E-state index is 11.8. The molecule has 0 radical (unpaired) electrons. The molecule has 2 rings (SSSR count). The zero-order valence-corrected chi connectivity index (χ0v) is 12.5. The van der Waals surface area contributed by atoms with Crippen molar-refractivity contribution in [3.05, 3.63) is 33.8 Å². The molecule has 0 bridgehead atoms. The van der Waals surface area contributed by atoms with Gasteiger partial charge in [0.05, 0.1) is 5.41 Å². The Bertz CT molecular complexity index is 467. The summed E-state index contributed by atoms with van der Waals surface area (Å²) in [6.07, 6.45) is 3.88. The number of halogens is 2. The molecule has 0 amide bonds. The molecule has 1 aromatic carbocycles. The Labute approximate surface area is 123 Å². The van der Waals surface area contributed by atoms with Crippen LogP contribution in [0.5, 0.6) is 0 Å². The fourth-order valence-corrected chi connectivity index (χ4v) is 3.66. The molecule has 2 unspecified atom stereocenters. The van der Waals surface area contributed by atoms with E-state index in [9.17, 15) is 9.90 Å². The summed E-state index contributed by atoms with van der Waals surface area (Å²) in [6.45, 7) is 2.12. The third-order valence-corrected chi connectivity index (χ3v) is 4.83. The van der Waals surface area contributed by atoms with Crippen molar-refractivity contribution in [1.82, 2.24) is 0 Å². The van der Waals surface area contributed by atoms with Gasteiger partial charge in [0.2, 0.25) is 0 Å². The standard InChI is InChI=1S/C15H18Cl2O2/c1-10-4-3-7-15(8-10,14(18)19)9-11-12(16)5-2-6-13(11)17/h2,5-6,10H,3-4,7-9H2,1H3,(H,18,19). The lowest BCUT2D eigenvalue weighted by Gasteiger charge is -2.37. The normalized spacial score (nSPS) is 27.2. The first kappa shape index (κ1) is 14.7. The van der Waals surface area contributed by atoms with Crippen molar-refractivity contribution in [1.29, 1.82) is 0 Å². The van der Waals surface area contributed by atoms with E-state index in [0.717, 1.165) is 18.4 Å². The molecule has 0 saturated heterocycles. The van der Waals surface area contributed by atoms with Crippen LogP contribution < -0.4 is 0 Å². The Morgan fingerprint density at radius 2 is 2.05 bits per heavy atom. The Kier molecular flexibility index (Phi) is 4.42. The summed E-state index contributed by atoms with van der Waals surface area (Å²) in [5, 5.41) is 10.8. The number of aliphatic carboxylic acids is 1. The minimum absolute atomic E-state index is 0.422. The number of hydrogen-bond acceptors (Lipinski definition) is 1. The summed E-state index contributed by atoms with van der Waals surface area (Å²) in [7, 11) is 0. The second-order valence-corrected chi connectivity index (χ2v) is 6.48. The van der Waals surface area contributed by atoms with Gasteiger partial charge in [-0.05, 0) is 42.9 Å². The van der Waals surface area contributed by atoms with Crippen LogP contribution in [-0.2, 0) is 11.2 Å². The van der Waals surface area contributed by atoms with Gasteiger partial charge in [0, 0.05) is 10.0 Å². The van der Waals surface area contributed by atoms with Gasteiger partial charge < -0.3 is 5.11 Å². The molecule has 19 heavy (non-hydrogen) atoms. The first-order valence-corrected chi connectivity index (χ1v) is 7.36. The summed E-state index contributed by atoms with van der Waals surface area (Å²) in [4.78, 5) is 11.8. The van der Waals surface area contributed by atoms with Gasteiger partial charge in [0.25, 0.3) is 0 Å². The summed E-state index contributed by atoms with van der Waals surface area (Å²) < 4.78 is 0. The van der Waals surface area contributed by atoms with Gasteiger partial charge in [-0.1, -0.05) is 49.0 Å². The predicted octanol–water partition coefficient (Wildman–Crippen LogP) is 4.82. The van der Waals surface area contributed by atoms with E-state index < -0.39 is 11.4 Å². The lowest BCUT2D eigenvalue weighted by atomic mass is 9.67. The number of benzene rings is 1. The summed E-state index contributed by atoms with van der Waals surface area (Å²) in [6, 6.07) is 5.32. The quantitative estimate of drug-likeness (QED) is 0.869. The van der Waals surface area contributed by atoms with Crippen LogP contribution in [0.25, 0.3) is 0 Å². The first-order chi connectivity index (χ1) is 8.94. The van der Waals surface area contributed by atoms with Gasteiger partial charge >= 0.3 is 5.97 Å². The number of carboxylic acid groups (broad SMARTS) is 1. The van der Waals surface area contributed by atoms with Crippen molar-refractivity contribution in [3.63, 3.8) is 0 Å². The molecule has 2 atom stereocenters. The van der Waals surface area contributed by atoms with Gasteiger partial charge in [-0.15, -0.1) is 0 Å². The van der Waals surface area contributed by atoms with Crippen molar-refractivity contribution in [2.45, 2.75) is 39.0 Å². The van der Waals surface area contributed by atoms with Crippen LogP contribution in [0, 0.1) is 11.3 Å². The minimum Gasteiger partial charge on any atom is -0.481 e. The second kappa shape index (κ2) is 5.72. The van der Waals surface area contributed by atoms with Gasteiger partial charge in [-0.2, -0.15) is 0 Å². The number of hydrogen-bond donors (Lipinski definition) is 1. The Morgan fingerprint density at radius 3 is 2.58 bits per heavy atom. The smallest absolute Gasteiger partial charge is 0.309 e. The average Bonchev–Trinajstić information content (AvgIpc) is 2.34. The van der Waals surface area contributed by atoms with E-state index in [1.54, 1.807) is 18.2 Å². The molecule has 0 spiro atoms. The number of rotatable bonds is 3. The maximum absolute atomic E-state index is 11.8. The monoisotopic (exact) mass is 300 g/mol. The molecule has 2 nitrogen and oxygen atoms in total. The third-order valence-electron chi connectivity index (χ3n) is 4.12. The van der Waals surface area contributed by atoms with Crippen LogP contribution in [-0.4, -0.2) is 11.1 Å². The molecule has 4 heteroatoms. The van der Waals surface area contributed by atoms with Crippen LogP contribution in [0.2, 0.25) is 10.0 Å². The van der Waals surface area contributed by atoms with E-state index in [0.29, 0.717) is 35.2 Å². The molecular formula is C15H18Cl2O2. The Morgan fingerprint density at radius 1 is 1.42 bits per heavy atom. The molecule has 1 aromatic rings. The van der Waals surface area contributed by atoms with Crippen molar-refractivity contribution in [2.75, 3.05) is 0 Å². The molecule has 1 aliphatic carbocycles. The van der Waals surface area contributed by atoms with Crippen LogP contribution in [0.15, 0.2) is 18.2 Å². The highest BCUT2D eigenvalue weighted by molar-refractivity contribution is 6.36. The van der Waals surface area contributed by atoms with Crippen LogP contribution in [0.3, 0.4) is 0 Å². The zero-order chi connectivity index (χ0) is 14.0.